The Kier molecular flexibility index (Phi) is 6.18. The minimum Gasteiger partial charge on any atom is -0.340 e. The zero-order valence-electron chi connectivity index (χ0n) is 18.8. The number of hydrogen-bond donors (Lipinski definition) is 1. The van der Waals surface area contributed by atoms with Gasteiger partial charge in [-0.1, -0.05) is 18.2 Å². The van der Waals surface area contributed by atoms with Crippen LogP contribution in [0.15, 0.2) is 53.6 Å². The van der Waals surface area contributed by atoms with Crippen molar-refractivity contribution >= 4 is 38.4 Å². The van der Waals surface area contributed by atoms with Crippen LogP contribution in [0.2, 0.25) is 0 Å². The molecule has 0 unspecified atom stereocenters. The predicted molar refractivity (Wildman–Crippen MR) is 127 cm³/mol. The first-order valence-electron chi connectivity index (χ1n) is 10.7. The summed E-state index contributed by atoms with van der Waals surface area (Å²) >= 11 is 0. The molecule has 2 aromatic carbocycles. The molecule has 0 saturated carbocycles. The van der Waals surface area contributed by atoms with Crippen LogP contribution in [0.3, 0.4) is 0 Å². The van der Waals surface area contributed by atoms with Gasteiger partial charge < -0.3 is 10.2 Å². The number of hydrogen-bond acceptors (Lipinski definition) is 5. The zero-order valence-corrected chi connectivity index (χ0v) is 19.6. The number of piperazine rings is 1. The molecule has 1 aromatic heterocycles. The summed E-state index contributed by atoms with van der Waals surface area (Å²) in [6.07, 6.45) is 1.64. The molecule has 1 aliphatic rings. The Morgan fingerprint density at radius 3 is 2.42 bits per heavy atom. The molecule has 1 N–H and O–H groups in total. The molecule has 1 fully saturated rings. The number of sulfonamides is 1. The van der Waals surface area contributed by atoms with Crippen molar-refractivity contribution in [3.05, 3.63) is 65.4 Å². The van der Waals surface area contributed by atoms with Gasteiger partial charge in [-0.15, -0.1) is 0 Å². The average Bonchev–Trinajstić information content (AvgIpc) is 2.82. The molecule has 4 rings (SSSR count). The molecule has 0 spiro atoms. The number of anilines is 1. The number of amides is 2. The van der Waals surface area contributed by atoms with Crippen LogP contribution in [-0.2, 0) is 14.8 Å². The van der Waals surface area contributed by atoms with Crippen molar-refractivity contribution < 1.29 is 18.0 Å². The maximum Gasteiger partial charge on any atom is 0.255 e. The number of carbonyl (C=O) groups excluding carboxylic acids is 2. The molecule has 1 saturated heterocycles. The van der Waals surface area contributed by atoms with Gasteiger partial charge in [0.1, 0.15) is 0 Å². The molecule has 8 nitrogen and oxygen atoms in total. The molecule has 0 aliphatic carbocycles. The second-order valence-electron chi connectivity index (χ2n) is 8.15. The molecule has 0 atom stereocenters. The van der Waals surface area contributed by atoms with E-state index in [1.165, 1.54) is 23.4 Å². The van der Waals surface area contributed by atoms with Gasteiger partial charge in [-0.3, -0.25) is 14.6 Å². The average molecular weight is 467 g/mol. The Bertz CT molecular complexity index is 1350. The second kappa shape index (κ2) is 8.92. The smallest absolute Gasteiger partial charge is 0.255 e. The molecule has 2 heterocycles. The van der Waals surface area contributed by atoms with E-state index < -0.39 is 15.9 Å². The first-order chi connectivity index (χ1) is 15.7. The van der Waals surface area contributed by atoms with Gasteiger partial charge in [0.25, 0.3) is 5.91 Å². The monoisotopic (exact) mass is 466 g/mol. The van der Waals surface area contributed by atoms with Crippen LogP contribution in [0.25, 0.3) is 10.9 Å². The van der Waals surface area contributed by atoms with Crippen molar-refractivity contribution in [3.8, 4) is 0 Å². The SMILES string of the molecule is CC(=O)N1CCN(S(=O)(=O)c2cccc(C(=O)Nc3ccnc4c(C)c(C)ccc34)c2)CC1. The van der Waals surface area contributed by atoms with E-state index in [1.807, 2.05) is 26.0 Å². The number of pyridine rings is 1. The molecule has 2 amide bonds. The van der Waals surface area contributed by atoms with E-state index >= 15 is 0 Å². The number of carbonyl (C=O) groups is 2. The summed E-state index contributed by atoms with van der Waals surface area (Å²) in [6.45, 7) is 6.61. The van der Waals surface area contributed by atoms with Gasteiger partial charge in [-0.2, -0.15) is 4.31 Å². The summed E-state index contributed by atoms with van der Waals surface area (Å²) in [5, 5.41) is 3.71. The minimum absolute atomic E-state index is 0.0532. The summed E-state index contributed by atoms with van der Waals surface area (Å²) in [6, 6.07) is 11.6. The molecule has 0 radical (unpaired) electrons. The van der Waals surface area contributed by atoms with Gasteiger partial charge in [0.05, 0.1) is 16.1 Å². The zero-order chi connectivity index (χ0) is 23.8. The van der Waals surface area contributed by atoms with Gasteiger partial charge >= 0.3 is 0 Å². The van der Waals surface area contributed by atoms with E-state index in [2.05, 4.69) is 10.3 Å². The van der Waals surface area contributed by atoms with Crippen LogP contribution < -0.4 is 5.32 Å². The highest BCUT2D eigenvalue weighted by molar-refractivity contribution is 7.89. The van der Waals surface area contributed by atoms with Crippen molar-refractivity contribution in [2.45, 2.75) is 25.7 Å². The number of benzene rings is 2. The van der Waals surface area contributed by atoms with E-state index in [1.54, 1.807) is 29.3 Å². The number of fused-ring (bicyclic) bond motifs is 1. The lowest BCUT2D eigenvalue weighted by atomic mass is 10.0. The fraction of sp³-hybridized carbons (Fsp3) is 0.292. The molecular weight excluding hydrogens is 440 g/mol. The molecule has 3 aromatic rings. The van der Waals surface area contributed by atoms with E-state index in [4.69, 9.17) is 0 Å². The van der Waals surface area contributed by atoms with Gasteiger partial charge in [0, 0.05) is 50.2 Å². The Morgan fingerprint density at radius 1 is 1.00 bits per heavy atom. The summed E-state index contributed by atoms with van der Waals surface area (Å²) in [5.41, 5.74) is 3.82. The fourth-order valence-corrected chi connectivity index (χ4v) is 5.42. The number of nitrogens with zero attached hydrogens (tertiary/aromatic N) is 3. The fourth-order valence-electron chi connectivity index (χ4n) is 3.95. The van der Waals surface area contributed by atoms with Crippen molar-refractivity contribution in [1.82, 2.24) is 14.2 Å². The topological polar surface area (TPSA) is 99.7 Å². The molecule has 172 valence electrons. The Balaban J connectivity index is 1.57. The first kappa shape index (κ1) is 22.9. The summed E-state index contributed by atoms with van der Waals surface area (Å²) in [4.78, 5) is 30.6. The van der Waals surface area contributed by atoms with E-state index in [9.17, 15) is 18.0 Å². The normalized spacial score (nSPS) is 14.9. The highest BCUT2D eigenvalue weighted by Gasteiger charge is 2.29. The van der Waals surface area contributed by atoms with E-state index in [-0.39, 0.29) is 29.5 Å². The highest BCUT2D eigenvalue weighted by atomic mass is 32.2. The lowest BCUT2D eigenvalue weighted by Crippen LogP contribution is -2.49. The maximum atomic E-state index is 13.1. The van der Waals surface area contributed by atoms with E-state index in [0.717, 1.165) is 22.0 Å². The van der Waals surface area contributed by atoms with Crippen LogP contribution >= 0.6 is 0 Å². The highest BCUT2D eigenvalue weighted by Crippen LogP contribution is 2.27. The van der Waals surface area contributed by atoms with Gasteiger partial charge in [0.2, 0.25) is 15.9 Å². The summed E-state index contributed by atoms with van der Waals surface area (Å²) in [5.74, 6) is -0.473. The summed E-state index contributed by atoms with van der Waals surface area (Å²) in [7, 11) is -3.78. The molecule has 0 bridgehead atoms. The Morgan fingerprint density at radius 2 is 1.73 bits per heavy atom. The largest absolute Gasteiger partial charge is 0.340 e. The lowest BCUT2D eigenvalue weighted by Gasteiger charge is -2.33. The standard InChI is InChI=1S/C24H26N4O4S/c1-16-7-8-21-22(9-10-25-23(21)17(16)2)26-24(30)19-5-4-6-20(15-19)33(31,32)28-13-11-27(12-14-28)18(3)29/h4-10,15H,11-14H2,1-3H3,(H,25,26,30). The third-order valence-corrected chi connectivity index (χ3v) is 8.00. The molecule has 33 heavy (non-hydrogen) atoms. The van der Waals surface area contributed by atoms with Crippen molar-refractivity contribution in [3.63, 3.8) is 0 Å². The lowest BCUT2D eigenvalue weighted by molar-refractivity contribution is -0.129. The minimum atomic E-state index is -3.78. The van der Waals surface area contributed by atoms with Crippen molar-refractivity contribution in [2.24, 2.45) is 0 Å². The number of aryl methyl sites for hydroxylation is 2. The van der Waals surface area contributed by atoms with Gasteiger partial charge in [-0.25, -0.2) is 8.42 Å². The summed E-state index contributed by atoms with van der Waals surface area (Å²) < 4.78 is 27.6. The van der Waals surface area contributed by atoms with Crippen molar-refractivity contribution in [1.29, 1.82) is 0 Å². The van der Waals surface area contributed by atoms with Gasteiger partial charge in [-0.05, 0) is 49.2 Å². The third-order valence-electron chi connectivity index (χ3n) is 6.10. The first-order valence-corrected chi connectivity index (χ1v) is 12.1. The van der Waals surface area contributed by atoms with Crippen LogP contribution in [0.4, 0.5) is 5.69 Å². The molecule has 9 heteroatoms. The van der Waals surface area contributed by atoms with Crippen LogP contribution in [-0.4, -0.2) is 60.6 Å². The Hall–Kier alpha value is -3.30. The second-order valence-corrected chi connectivity index (χ2v) is 10.1. The van der Waals surface area contributed by atoms with Crippen LogP contribution in [0.1, 0.15) is 28.4 Å². The van der Waals surface area contributed by atoms with Crippen LogP contribution in [0, 0.1) is 13.8 Å². The van der Waals surface area contributed by atoms with Crippen LogP contribution in [0.5, 0.6) is 0 Å². The van der Waals surface area contributed by atoms with E-state index in [0.29, 0.717) is 18.8 Å². The quantitative estimate of drug-likeness (QED) is 0.637. The Labute approximate surface area is 193 Å². The van der Waals surface area contributed by atoms with Crippen molar-refractivity contribution in [2.75, 3.05) is 31.5 Å². The molecular formula is C24H26N4O4S. The number of aromatic nitrogens is 1. The number of nitrogens with one attached hydrogen (secondary N) is 1. The maximum absolute atomic E-state index is 13.1. The third kappa shape index (κ3) is 4.46. The van der Waals surface area contributed by atoms with Gasteiger partial charge in [0.15, 0.2) is 0 Å². The molecule has 1 aliphatic heterocycles. The number of rotatable bonds is 4. The predicted octanol–water partition coefficient (Wildman–Crippen LogP) is 2.96.